The second-order valence-corrected chi connectivity index (χ2v) is 7.98. The lowest BCUT2D eigenvalue weighted by molar-refractivity contribution is 0.0994. The van der Waals surface area contributed by atoms with Gasteiger partial charge in [0.1, 0.15) is 5.82 Å². The first-order valence-corrected chi connectivity index (χ1v) is 9.60. The van der Waals surface area contributed by atoms with Crippen LogP contribution >= 0.6 is 27.7 Å². The summed E-state index contributed by atoms with van der Waals surface area (Å²) in [5, 5.41) is 9.07. The first-order valence-electron chi connectivity index (χ1n) is 7.93. The van der Waals surface area contributed by atoms with Crippen LogP contribution in [0, 0.1) is 0 Å². The van der Waals surface area contributed by atoms with Gasteiger partial charge in [0.25, 0.3) is 0 Å². The monoisotopic (exact) mass is 415 g/mol. The first-order chi connectivity index (χ1) is 12.0. The molecule has 1 atom stereocenters. The molecular formula is C19H18BrN3OS. The standard InChI is InChI=1S/C19H18BrN3OS/c1-13(18(24)15-8-10-16(20)11-9-15)25-19-22-21-17(23(19)2)12-14-6-4-3-5-7-14/h3-11,13H,12H2,1-2H3/t13-/m0/s1. The molecule has 4 nitrogen and oxygen atoms in total. The minimum Gasteiger partial charge on any atom is -0.309 e. The average Bonchev–Trinajstić information content (AvgIpc) is 2.96. The highest BCUT2D eigenvalue weighted by Gasteiger charge is 2.20. The van der Waals surface area contributed by atoms with Crippen molar-refractivity contribution < 1.29 is 4.79 Å². The summed E-state index contributed by atoms with van der Waals surface area (Å²) >= 11 is 4.82. The Hall–Kier alpha value is -1.92. The highest BCUT2D eigenvalue weighted by Crippen LogP contribution is 2.25. The van der Waals surface area contributed by atoms with Crippen LogP contribution in [0.3, 0.4) is 0 Å². The largest absolute Gasteiger partial charge is 0.309 e. The van der Waals surface area contributed by atoms with Gasteiger partial charge in [-0.3, -0.25) is 4.79 Å². The number of hydrogen-bond acceptors (Lipinski definition) is 4. The number of hydrogen-bond donors (Lipinski definition) is 0. The van der Waals surface area contributed by atoms with Gasteiger partial charge in [-0.15, -0.1) is 10.2 Å². The molecule has 0 aliphatic rings. The molecule has 0 saturated heterocycles. The number of thioether (sulfide) groups is 1. The van der Waals surface area contributed by atoms with Crippen LogP contribution in [0.25, 0.3) is 0 Å². The topological polar surface area (TPSA) is 47.8 Å². The van der Waals surface area contributed by atoms with Crippen molar-refractivity contribution in [2.45, 2.75) is 23.8 Å². The van der Waals surface area contributed by atoms with E-state index in [1.807, 2.05) is 61.0 Å². The second kappa shape index (κ2) is 7.97. The van der Waals surface area contributed by atoms with Gasteiger partial charge in [-0.05, 0) is 24.6 Å². The molecule has 3 rings (SSSR count). The van der Waals surface area contributed by atoms with Gasteiger partial charge in [0, 0.05) is 23.5 Å². The Kier molecular flexibility index (Phi) is 5.71. The van der Waals surface area contributed by atoms with Gasteiger partial charge < -0.3 is 4.57 Å². The fraction of sp³-hybridized carbons (Fsp3) is 0.211. The van der Waals surface area contributed by atoms with E-state index in [-0.39, 0.29) is 11.0 Å². The lowest BCUT2D eigenvalue weighted by atomic mass is 10.1. The summed E-state index contributed by atoms with van der Waals surface area (Å²) in [6.07, 6.45) is 0.722. The van der Waals surface area contributed by atoms with Crippen molar-refractivity contribution in [1.29, 1.82) is 0 Å². The predicted molar refractivity (Wildman–Crippen MR) is 104 cm³/mol. The lowest BCUT2D eigenvalue weighted by Gasteiger charge is -2.10. The molecule has 2 aromatic carbocycles. The molecule has 3 aromatic rings. The Morgan fingerprint density at radius 1 is 1.12 bits per heavy atom. The number of nitrogens with zero attached hydrogens (tertiary/aromatic N) is 3. The molecule has 6 heteroatoms. The number of halogens is 1. The van der Waals surface area contributed by atoms with E-state index in [0.29, 0.717) is 5.56 Å². The lowest BCUT2D eigenvalue weighted by Crippen LogP contribution is -2.14. The summed E-state index contributed by atoms with van der Waals surface area (Å²) in [7, 11) is 1.94. The highest BCUT2D eigenvalue weighted by molar-refractivity contribution is 9.10. The predicted octanol–water partition coefficient (Wildman–Crippen LogP) is 4.53. The molecule has 25 heavy (non-hydrogen) atoms. The Morgan fingerprint density at radius 3 is 2.48 bits per heavy atom. The molecule has 0 saturated carbocycles. The molecule has 1 aromatic heterocycles. The summed E-state index contributed by atoms with van der Waals surface area (Å²) in [5.74, 6) is 0.974. The van der Waals surface area contributed by atoms with E-state index >= 15 is 0 Å². The zero-order valence-electron chi connectivity index (χ0n) is 14.0. The van der Waals surface area contributed by atoms with Crippen molar-refractivity contribution in [3.63, 3.8) is 0 Å². The number of carbonyl (C=O) groups is 1. The third-order valence-electron chi connectivity index (χ3n) is 3.91. The zero-order chi connectivity index (χ0) is 17.8. The molecule has 1 heterocycles. The van der Waals surface area contributed by atoms with E-state index in [2.05, 4.69) is 38.3 Å². The number of ketones is 1. The fourth-order valence-corrected chi connectivity index (χ4v) is 3.62. The van der Waals surface area contributed by atoms with Crippen LogP contribution in [0.4, 0.5) is 0 Å². The Morgan fingerprint density at radius 2 is 1.80 bits per heavy atom. The van der Waals surface area contributed by atoms with Crippen LogP contribution in [0.1, 0.15) is 28.7 Å². The van der Waals surface area contributed by atoms with Crippen LogP contribution in [-0.4, -0.2) is 25.8 Å². The van der Waals surface area contributed by atoms with Gasteiger partial charge in [-0.1, -0.05) is 70.2 Å². The van der Waals surface area contributed by atoms with Crippen LogP contribution in [0.5, 0.6) is 0 Å². The van der Waals surface area contributed by atoms with Crippen molar-refractivity contribution in [2.24, 2.45) is 7.05 Å². The van der Waals surface area contributed by atoms with E-state index < -0.39 is 0 Å². The normalized spacial score (nSPS) is 12.1. The summed E-state index contributed by atoms with van der Waals surface area (Å²) in [6.45, 7) is 1.90. The Balaban J connectivity index is 1.70. The van der Waals surface area contributed by atoms with Crippen molar-refractivity contribution in [2.75, 3.05) is 0 Å². The summed E-state index contributed by atoms with van der Waals surface area (Å²) < 4.78 is 2.92. The number of aromatic nitrogens is 3. The van der Waals surface area contributed by atoms with E-state index in [9.17, 15) is 4.79 Å². The maximum Gasteiger partial charge on any atom is 0.191 e. The first kappa shape index (κ1) is 17.9. The van der Waals surface area contributed by atoms with Crippen LogP contribution < -0.4 is 0 Å². The van der Waals surface area contributed by atoms with Crippen LogP contribution in [0.15, 0.2) is 64.2 Å². The number of rotatable bonds is 6. The minimum absolute atomic E-state index is 0.0881. The van der Waals surface area contributed by atoms with E-state index in [1.165, 1.54) is 17.3 Å². The molecule has 128 valence electrons. The third-order valence-corrected chi connectivity index (χ3v) is 5.57. The second-order valence-electron chi connectivity index (χ2n) is 5.75. The molecule has 0 aliphatic heterocycles. The summed E-state index contributed by atoms with van der Waals surface area (Å²) in [5.41, 5.74) is 1.89. The maximum absolute atomic E-state index is 12.6. The third kappa shape index (κ3) is 4.38. The summed E-state index contributed by atoms with van der Waals surface area (Å²) in [6, 6.07) is 17.6. The molecule has 0 radical (unpaired) electrons. The quantitative estimate of drug-likeness (QED) is 0.438. The van der Waals surface area contributed by atoms with Gasteiger partial charge in [0.05, 0.1) is 5.25 Å². The molecule has 0 N–H and O–H groups in total. The Bertz CT molecular complexity index is 862. The zero-order valence-corrected chi connectivity index (χ0v) is 16.4. The van der Waals surface area contributed by atoms with Crippen molar-refractivity contribution in [3.05, 3.63) is 76.0 Å². The van der Waals surface area contributed by atoms with Crippen LogP contribution in [0.2, 0.25) is 0 Å². The number of carbonyl (C=O) groups excluding carboxylic acids is 1. The van der Waals surface area contributed by atoms with Crippen molar-refractivity contribution in [1.82, 2.24) is 14.8 Å². The smallest absolute Gasteiger partial charge is 0.191 e. The molecular weight excluding hydrogens is 398 g/mol. The number of Topliss-reactive ketones (excluding diaryl/α,β-unsaturated/α-hetero) is 1. The molecule has 0 fully saturated rings. The number of benzene rings is 2. The highest BCUT2D eigenvalue weighted by atomic mass is 79.9. The molecule has 0 bridgehead atoms. The molecule has 0 aliphatic carbocycles. The molecule has 0 amide bonds. The SMILES string of the molecule is C[C@H](Sc1nnc(Cc2ccccc2)n1C)C(=O)c1ccc(Br)cc1. The minimum atomic E-state index is -0.228. The van der Waals surface area contributed by atoms with Crippen molar-refractivity contribution in [3.8, 4) is 0 Å². The van der Waals surface area contributed by atoms with E-state index in [1.54, 1.807) is 0 Å². The van der Waals surface area contributed by atoms with E-state index in [4.69, 9.17) is 0 Å². The maximum atomic E-state index is 12.6. The van der Waals surface area contributed by atoms with Gasteiger partial charge in [0.2, 0.25) is 0 Å². The van der Waals surface area contributed by atoms with Crippen LogP contribution in [-0.2, 0) is 13.5 Å². The summed E-state index contributed by atoms with van der Waals surface area (Å²) in [4.78, 5) is 12.6. The van der Waals surface area contributed by atoms with Gasteiger partial charge in [-0.2, -0.15) is 0 Å². The molecule has 0 spiro atoms. The Labute approximate surface area is 159 Å². The van der Waals surface area contributed by atoms with Crippen molar-refractivity contribution >= 4 is 33.5 Å². The van der Waals surface area contributed by atoms with E-state index in [0.717, 1.165) is 21.9 Å². The average molecular weight is 416 g/mol. The van der Waals surface area contributed by atoms with Gasteiger partial charge >= 0.3 is 0 Å². The van der Waals surface area contributed by atoms with Gasteiger partial charge in [0.15, 0.2) is 10.9 Å². The molecule has 0 unspecified atom stereocenters. The fourth-order valence-electron chi connectivity index (χ4n) is 2.44. The van der Waals surface area contributed by atoms with Gasteiger partial charge in [-0.25, -0.2) is 0 Å².